The smallest absolute Gasteiger partial charge is 0.425 e. The molecule has 0 unspecified atom stereocenters. The molecule has 0 saturated carbocycles. The molecule has 182 valence electrons. The molecule has 11 heteroatoms. The summed E-state index contributed by atoms with van der Waals surface area (Å²) in [5.74, 6) is -0.00972. The van der Waals surface area contributed by atoms with Crippen LogP contribution in [-0.4, -0.2) is 38.5 Å². The molecule has 3 rings (SSSR count). The molecule has 2 amide bonds. The van der Waals surface area contributed by atoms with Gasteiger partial charge in [0.1, 0.15) is 21.5 Å². The van der Waals surface area contributed by atoms with Crippen LogP contribution in [0, 0.1) is 11.3 Å². The molecule has 10 nitrogen and oxygen atoms in total. The van der Waals surface area contributed by atoms with E-state index in [1.165, 1.54) is 6.20 Å². The van der Waals surface area contributed by atoms with Gasteiger partial charge >= 0.3 is 12.2 Å². The summed E-state index contributed by atoms with van der Waals surface area (Å²) in [4.78, 5) is 35.5. The van der Waals surface area contributed by atoms with Gasteiger partial charge in [-0.25, -0.2) is 19.6 Å². The number of ether oxygens (including phenoxy) is 2. The lowest BCUT2D eigenvalue weighted by Gasteiger charge is -2.28. The Morgan fingerprint density at radius 3 is 2.11 bits per heavy atom. The number of imide groups is 1. The molecule has 0 aliphatic carbocycles. The average Bonchev–Trinajstić information content (AvgIpc) is 3.22. The monoisotopic (exact) mass is 541 g/mol. The lowest BCUT2D eigenvalue weighted by molar-refractivity contribution is 0.0429. The number of carbonyl (C=O) groups is 2. The van der Waals surface area contributed by atoms with E-state index in [0.29, 0.717) is 26.3 Å². The van der Waals surface area contributed by atoms with Crippen molar-refractivity contribution >= 4 is 33.9 Å². The van der Waals surface area contributed by atoms with Crippen LogP contribution in [-0.2, 0) is 9.47 Å². The van der Waals surface area contributed by atoms with Crippen molar-refractivity contribution in [1.82, 2.24) is 15.1 Å². The SMILES string of the molecule is CC(C)(C)OC(=O)N(C(=O)OC(C)(C)C)c1ncc(Br)nc1-c1cc(-c2ccc(C#N)cc2)no1. The third kappa shape index (κ3) is 6.64. The van der Waals surface area contributed by atoms with Crippen LogP contribution in [0.1, 0.15) is 47.1 Å². The number of hydrogen-bond donors (Lipinski definition) is 0. The number of rotatable bonds is 3. The van der Waals surface area contributed by atoms with Crippen LogP contribution in [0.25, 0.3) is 22.7 Å². The van der Waals surface area contributed by atoms with Gasteiger partial charge in [0.15, 0.2) is 17.3 Å². The number of aromatic nitrogens is 3. The molecule has 0 radical (unpaired) electrons. The fourth-order valence-corrected chi connectivity index (χ4v) is 3.07. The average molecular weight is 542 g/mol. The van der Waals surface area contributed by atoms with Crippen LogP contribution in [0.5, 0.6) is 0 Å². The Labute approximate surface area is 211 Å². The van der Waals surface area contributed by atoms with Gasteiger partial charge in [-0.15, -0.1) is 0 Å². The van der Waals surface area contributed by atoms with Crippen molar-refractivity contribution in [2.45, 2.75) is 52.7 Å². The van der Waals surface area contributed by atoms with E-state index in [0.717, 1.165) is 0 Å². The van der Waals surface area contributed by atoms with E-state index in [2.05, 4.69) is 37.1 Å². The van der Waals surface area contributed by atoms with Gasteiger partial charge in [-0.2, -0.15) is 10.2 Å². The Kier molecular flexibility index (Phi) is 7.26. The number of halogens is 1. The van der Waals surface area contributed by atoms with Crippen LogP contribution in [0.2, 0.25) is 0 Å². The number of anilines is 1. The first-order valence-electron chi connectivity index (χ1n) is 10.5. The van der Waals surface area contributed by atoms with Gasteiger partial charge in [0, 0.05) is 11.6 Å². The summed E-state index contributed by atoms with van der Waals surface area (Å²) in [6, 6.07) is 10.4. The largest absolute Gasteiger partial charge is 0.443 e. The van der Waals surface area contributed by atoms with E-state index in [9.17, 15) is 9.59 Å². The van der Waals surface area contributed by atoms with Crippen LogP contribution < -0.4 is 4.90 Å². The fraction of sp³-hybridized carbons (Fsp3) is 0.333. The Balaban J connectivity index is 2.10. The molecular formula is C24H24BrN5O5. The molecule has 0 atom stereocenters. The number of nitriles is 1. The van der Waals surface area contributed by atoms with E-state index in [-0.39, 0.29) is 17.3 Å². The zero-order valence-corrected chi connectivity index (χ0v) is 21.7. The minimum Gasteiger partial charge on any atom is -0.443 e. The first-order valence-corrected chi connectivity index (χ1v) is 11.3. The summed E-state index contributed by atoms with van der Waals surface area (Å²) in [5.41, 5.74) is -0.0747. The summed E-state index contributed by atoms with van der Waals surface area (Å²) in [6.07, 6.45) is -0.647. The molecule has 0 aliphatic rings. The van der Waals surface area contributed by atoms with Crippen LogP contribution in [0.3, 0.4) is 0 Å². The van der Waals surface area contributed by atoms with Gasteiger partial charge in [0.2, 0.25) is 0 Å². The quantitative estimate of drug-likeness (QED) is 0.385. The number of hydrogen-bond acceptors (Lipinski definition) is 9. The minimum absolute atomic E-state index is 0.0588. The maximum absolute atomic E-state index is 13.1. The van der Waals surface area contributed by atoms with Gasteiger partial charge < -0.3 is 14.0 Å². The first-order chi connectivity index (χ1) is 16.3. The van der Waals surface area contributed by atoms with Crippen molar-refractivity contribution in [3.05, 3.63) is 46.7 Å². The van der Waals surface area contributed by atoms with Crippen molar-refractivity contribution in [3.63, 3.8) is 0 Å². The zero-order valence-electron chi connectivity index (χ0n) is 20.1. The third-order valence-corrected chi connectivity index (χ3v) is 4.52. The van der Waals surface area contributed by atoms with E-state index < -0.39 is 23.4 Å². The Morgan fingerprint density at radius 2 is 1.60 bits per heavy atom. The second kappa shape index (κ2) is 9.84. The molecule has 0 N–H and O–H groups in total. The minimum atomic E-state index is -0.989. The van der Waals surface area contributed by atoms with Gasteiger partial charge in [-0.1, -0.05) is 17.3 Å². The van der Waals surface area contributed by atoms with Crippen molar-refractivity contribution in [1.29, 1.82) is 5.26 Å². The predicted molar refractivity (Wildman–Crippen MR) is 130 cm³/mol. The molecule has 0 spiro atoms. The normalized spacial score (nSPS) is 11.5. The van der Waals surface area contributed by atoms with Gasteiger partial charge in [-0.05, 0) is 69.6 Å². The molecular weight excluding hydrogens is 518 g/mol. The third-order valence-electron chi connectivity index (χ3n) is 4.14. The lowest BCUT2D eigenvalue weighted by atomic mass is 10.1. The number of carbonyl (C=O) groups excluding carboxylic acids is 2. The number of benzene rings is 1. The van der Waals surface area contributed by atoms with Crippen molar-refractivity contribution < 1.29 is 23.6 Å². The van der Waals surface area contributed by atoms with Gasteiger partial charge in [-0.3, -0.25) is 0 Å². The first kappa shape index (κ1) is 25.8. The van der Waals surface area contributed by atoms with Crippen LogP contribution in [0.4, 0.5) is 15.4 Å². The Bertz CT molecular complexity index is 1260. The maximum Gasteiger partial charge on any atom is 0.425 e. The summed E-state index contributed by atoms with van der Waals surface area (Å²) in [6.45, 7) is 10.0. The van der Waals surface area contributed by atoms with Gasteiger partial charge in [0.05, 0.1) is 17.8 Å². The van der Waals surface area contributed by atoms with E-state index in [1.807, 2.05) is 0 Å². The molecule has 0 bridgehead atoms. The second-order valence-corrected chi connectivity index (χ2v) is 10.2. The van der Waals surface area contributed by atoms with Crippen LogP contribution >= 0.6 is 15.9 Å². The molecule has 2 aromatic heterocycles. The highest BCUT2D eigenvalue weighted by atomic mass is 79.9. The van der Waals surface area contributed by atoms with Crippen LogP contribution in [0.15, 0.2) is 45.7 Å². The van der Waals surface area contributed by atoms with Crippen molar-refractivity contribution in [3.8, 4) is 28.8 Å². The van der Waals surface area contributed by atoms with E-state index in [4.69, 9.17) is 19.3 Å². The molecule has 3 aromatic rings. The molecule has 0 aliphatic heterocycles. The summed E-state index contributed by atoms with van der Waals surface area (Å²) >= 11 is 3.26. The highest BCUT2D eigenvalue weighted by Gasteiger charge is 2.36. The predicted octanol–water partition coefficient (Wildman–Crippen LogP) is 6.11. The standard InChI is InChI=1S/C24H24BrN5O5/c1-23(2,3)33-21(31)30(22(32)34-24(4,5)6)20-19(28-18(25)13-27-20)17-11-16(29-35-17)15-9-7-14(12-26)8-10-15/h7-11,13H,1-6H3. The number of amides is 2. The maximum atomic E-state index is 13.1. The van der Waals surface area contributed by atoms with E-state index in [1.54, 1.807) is 71.9 Å². The fourth-order valence-electron chi connectivity index (χ4n) is 2.79. The van der Waals surface area contributed by atoms with Crippen molar-refractivity contribution in [2.24, 2.45) is 0 Å². The molecule has 1 aromatic carbocycles. The highest BCUT2D eigenvalue weighted by Crippen LogP contribution is 2.33. The Morgan fingerprint density at radius 1 is 1.03 bits per heavy atom. The highest BCUT2D eigenvalue weighted by molar-refractivity contribution is 9.10. The molecule has 0 saturated heterocycles. The van der Waals surface area contributed by atoms with Crippen molar-refractivity contribution in [2.75, 3.05) is 4.90 Å². The molecule has 0 fully saturated rings. The summed E-state index contributed by atoms with van der Waals surface area (Å²) in [5, 5.41) is 13.1. The topological polar surface area (TPSA) is 131 Å². The Hall–Kier alpha value is -3.78. The summed E-state index contributed by atoms with van der Waals surface area (Å²) < 4.78 is 16.7. The van der Waals surface area contributed by atoms with Gasteiger partial charge in [0.25, 0.3) is 0 Å². The number of nitrogens with zero attached hydrogens (tertiary/aromatic N) is 5. The lowest BCUT2D eigenvalue weighted by Crippen LogP contribution is -2.44. The second-order valence-electron chi connectivity index (χ2n) is 9.43. The molecule has 2 heterocycles. The molecule has 35 heavy (non-hydrogen) atoms. The summed E-state index contributed by atoms with van der Waals surface area (Å²) in [7, 11) is 0. The van der Waals surface area contributed by atoms with E-state index >= 15 is 0 Å². The zero-order chi connectivity index (χ0) is 26.0.